The molecule has 1 heterocycles. The molecule has 3 rings (SSSR count). The highest BCUT2D eigenvalue weighted by molar-refractivity contribution is 5.83. The first kappa shape index (κ1) is 16.0. The van der Waals surface area contributed by atoms with Gasteiger partial charge in [-0.15, -0.1) is 0 Å². The molecule has 24 heavy (non-hydrogen) atoms. The van der Waals surface area contributed by atoms with E-state index in [4.69, 9.17) is 14.9 Å². The molecule has 5 heteroatoms. The van der Waals surface area contributed by atoms with Gasteiger partial charge in [-0.2, -0.15) is 0 Å². The van der Waals surface area contributed by atoms with Gasteiger partial charge in [0.25, 0.3) is 0 Å². The van der Waals surface area contributed by atoms with Crippen molar-refractivity contribution < 1.29 is 13.9 Å². The van der Waals surface area contributed by atoms with E-state index < -0.39 is 17.6 Å². The predicted molar refractivity (Wildman–Crippen MR) is 91.0 cm³/mol. The largest absolute Gasteiger partial charge is 0.425 e. The van der Waals surface area contributed by atoms with Gasteiger partial charge >= 0.3 is 11.6 Å². The molecule has 0 bridgehead atoms. The zero-order chi connectivity index (χ0) is 17.1. The SMILES string of the molecule is Cc1cc(=O)oc2cc(OC(=O)C(N)Cc3ccccc3)ccc12. The Morgan fingerprint density at radius 3 is 2.67 bits per heavy atom. The Hall–Kier alpha value is -2.92. The van der Waals surface area contributed by atoms with Crippen LogP contribution >= 0.6 is 0 Å². The zero-order valence-corrected chi connectivity index (χ0v) is 13.2. The third-order valence-electron chi connectivity index (χ3n) is 3.74. The standard InChI is InChI=1S/C19H17NO4/c1-12-9-18(21)24-17-11-14(7-8-15(12)17)23-19(22)16(20)10-13-5-3-2-4-6-13/h2-9,11,16H,10,20H2,1H3. The van der Waals surface area contributed by atoms with Crippen molar-refractivity contribution in [2.45, 2.75) is 19.4 Å². The second-order valence-corrected chi connectivity index (χ2v) is 5.62. The molecule has 5 nitrogen and oxygen atoms in total. The zero-order valence-electron chi connectivity index (χ0n) is 13.2. The van der Waals surface area contributed by atoms with Crippen LogP contribution in [-0.2, 0) is 11.2 Å². The van der Waals surface area contributed by atoms with E-state index in [-0.39, 0.29) is 0 Å². The highest BCUT2D eigenvalue weighted by Gasteiger charge is 2.17. The Morgan fingerprint density at radius 1 is 1.17 bits per heavy atom. The topological polar surface area (TPSA) is 82.5 Å². The molecule has 0 fully saturated rings. The molecule has 1 unspecified atom stereocenters. The molecular weight excluding hydrogens is 306 g/mol. The fraction of sp³-hybridized carbons (Fsp3) is 0.158. The van der Waals surface area contributed by atoms with Crippen LogP contribution in [0.15, 0.2) is 63.8 Å². The molecule has 2 N–H and O–H groups in total. The first-order valence-corrected chi connectivity index (χ1v) is 7.58. The smallest absolute Gasteiger partial charge is 0.336 e. The molecule has 0 aliphatic rings. The summed E-state index contributed by atoms with van der Waals surface area (Å²) < 4.78 is 10.5. The van der Waals surface area contributed by atoms with Crippen LogP contribution in [-0.4, -0.2) is 12.0 Å². The lowest BCUT2D eigenvalue weighted by Crippen LogP contribution is -2.36. The summed E-state index contributed by atoms with van der Waals surface area (Å²) in [6.45, 7) is 1.82. The van der Waals surface area contributed by atoms with Crippen LogP contribution in [0.4, 0.5) is 0 Å². The van der Waals surface area contributed by atoms with Gasteiger partial charge in [-0.1, -0.05) is 30.3 Å². The lowest BCUT2D eigenvalue weighted by molar-refractivity contribution is -0.135. The molecule has 0 saturated heterocycles. The van der Waals surface area contributed by atoms with Gasteiger partial charge in [-0.25, -0.2) is 9.59 Å². The van der Waals surface area contributed by atoms with E-state index in [1.807, 2.05) is 37.3 Å². The maximum Gasteiger partial charge on any atom is 0.336 e. The number of fused-ring (bicyclic) bond motifs is 1. The van der Waals surface area contributed by atoms with Crippen molar-refractivity contribution in [3.8, 4) is 5.75 Å². The van der Waals surface area contributed by atoms with Crippen molar-refractivity contribution in [2.75, 3.05) is 0 Å². The van der Waals surface area contributed by atoms with Crippen molar-refractivity contribution in [3.63, 3.8) is 0 Å². The van der Waals surface area contributed by atoms with Gasteiger partial charge in [-0.05, 0) is 36.6 Å². The Balaban J connectivity index is 1.76. The molecular formula is C19H17NO4. The van der Waals surface area contributed by atoms with Gasteiger partial charge in [0.2, 0.25) is 0 Å². The van der Waals surface area contributed by atoms with Crippen molar-refractivity contribution >= 4 is 16.9 Å². The van der Waals surface area contributed by atoms with E-state index in [0.29, 0.717) is 17.8 Å². The van der Waals surface area contributed by atoms with Crippen LogP contribution in [0.3, 0.4) is 0 Å². The molecule has 0 aliphatic heterocycles. The summed E-state index contributed by atoms with van der Waals surface area (Å²) in [7, 11) is 0. The highest BCUT2D eigenvalue weighted by Crippen LogP contribution is 2.22. The summed E-state index contributed by atoms with van der Waals surface area (Å²) in [6.07, 6.45) is 0.390. The number of benzene rings is 2. The van der Waals surface area contributed by atoms with E-state index in [0.717, 1.165) is 16.5 Å². The number of nitrogens with two attached hydrogens (primary N) is 1. The minimum atomic E-state index is -0.771. The molecule has 1 aromatic heterocycles. The first-order valence-electron chi connectivity index (χ1n) is 7.58. The van der Waals surface area contributed by atoms with Gasteiger partial charge in [0.15, 0.2) is 0 Å². The van der Waals surface area contributed by atoms with Crippen molar-refractivity contribution in [1.29, 1.82) is 0 Å². The maximum absolute atomic E-state index is 12.1. The minimum Gasteiger partial charge on any atom is -0.425 e. The molecule has 2 aromatic carbocycles. The van der Waals surface area contributed by atoms with Gasteiger partial charge in [-0.3, -0.25) is 0 Å². The van der Waals surface area contributed by atoms with Gasteiger partial charge < -0.3 is 14.9 Å². The third-order valence-corrected chi connectivity index (χ3v) is 3.74. The number of esters is 1. The van der Waals surface area contributed by atoms with E-state index >= 15 is 0 Å². The molecule has 122 valence electrons. The number of hydrogen-bond donors (Lipinski definition) is 1. The monoisotopic (exact) mass is 323 g/mol. The molecule has 0 aliphatic carbocycles. The fourth-order valence-corrected chi connectivity index (χ4v) is 2.51. The fourth-order valence-electron chi connectivity index (χ4n) is 2.51. The summed E-state index contributed by atoms with van der Waals surface area (Å²) in [5.74, 6) is -0.238. The Morgan fingerprint density at radius 2 is 1.92 bits per heavy atom. The Bertz CT molecular complexity index is 931. The van der Waals surface area contributed by atoms with Crippen LogP contribution < -0.4 is 16.1 Å². The Kier molecular flexibility index (Phi) is 4.44. The highest BCUT2D eigenvalue weighted by atomic mass is 16.5. The number of rotatable bonds is 4. The van der Waals surface area contributed by atoms with Crippen LogP contribution in [0.5, 0.6) is 5.75 Å². The van der Waals surface area contributed by atoms with Crippen LogP contribution in [0.25, 0.3) is 11.0 Å². The van der Waals surface area contributed by atoms with E-state index in [1.165, 1.54) is 12.1 Å². The first-order chi connectivity index (χ1) is 11.5. The molecule has 0 saturated carbocycles. The summed E-state index contributed by atoms with van der Waals surface area (Å²) in [5.41, 5.74) is 7.61. The van der Waals surface area contributed by atoms with E-state index in [1.54, 1.807) is 12.1 Å². The second kappa shape index (κ2) is 6.68. The summed E-state index contributed by atoms with van der Waals surface area (Å²) >= 11 is 0. The average molecular weight is 323 g/mol. The molecule has 0 spiro atoms. The number of ether oxygens (including phenoxy) is 1. The van der Waals surface area contributed by atoms with Crippen molar-refractivity contribution in [2.24, 2.45) is 5.73 Å². The van der Waals surface area contributed by atoms with Gasteiger partial charge in [0.05, 0.1) is 0 Å². The van der Waals surface area contributed by atoms with Gasteiger partial charge in [0.1, 0.15) is 17.4 Å². The number of carbonyl (C=O) groups is 1. The number of aryl methyl sites for hydroxylation is 1. The number of hydrogen-bond acceptors (Lipinski definition) is 5. The molecule has 0 radical (unpaired) electrons. The van der Waals surface area contributed by atoms with E-state index in [2.05, 4.69) is 0 Å². The van der Waals surface area contributed by atoms with Crippen LogP contribution in [0.1, 0.15) is 11.1 Å². The molecule has 1 atom stereocenters. The lowest BCUT2D eigenvalue weighted by atomic mass is 10.1. The van der Waals surface area contributed by atoms with Crippen molar-refractivity contribution in [1.82, 2.24) is 0 Å². The Labute approximate surface area is 138 Å². The van der Waals surface area contributed by atoms with Crippen molar-refractivity contribution in [3.05, 3.63) is 76.1 Å². The van der Waals surface area contributed by atoms with Crippen LogP contribution in [0, 0.1) is 6.92 Å². The summed E-state index contributed by atoms with van der Waals surface area (Å²) in [4.78, 5) is 23.6. The number of carbonyl (C=O) groups excluding carboxylic acids is 1. The quantitative estimate of drug-likeness (QED) is 0.453. The third kappa shape index (κ3) is 3.52. The maximum atomic E-state index is 12.1. The van der Waals surface area contributed by atoms with E-state index in [9.17, 15) is 9.59 Å². The lowest BCUT2D eigenvalue weighted by Gasteiger charge is -2.11. The second-order valence-electron chi connectivity index (χ2n) is 5.62. The van der Waals surface area contributed by atoms with Crippen LogP contribution in [0.2, 0.25) is 0 Å². The minimum absolute atomic E-state index is 0.296. The summed E-state index contributed by atoms with van der Waals surface area (Å²) in [6, 6.07) is 15.1. The molecule has 3 aromatic rings. The molecule has 0 amide bonds. The average Bonchev–Trinajstić information content (AvgIpc) is 2.55. The van der Waals surface area contributed by atoms with Gasteiger partial charge in [0, 0.05) is 17.5 Å². The normalized spacial score (nSPS) is 12.1. The predicted octanol–water partition coefficient (Wildman–Crippen LogP) is 2.58. The summed E-state index contributed by atoms with van der Waals surface area (Å²) in [5, 5.41) is 0.794.